The number of anilines is 3. The van der Waals surface area contributed by atoms with Crippen LogP contribution in [0.15, 0.2) is 42.5 Å². The fourth-order valence-electron chi connectivity index (χ4n) is 3.07. The summed E-state index contributed by atoms with van der Waals surface area (Å²) >= 11 is 0. The van der Waals surface area contributed by atoms with Crippen LogP contribution in [0.1, 0.15) is 24.8 Å². The van der Waals surface area contributed by atoms with Gasteiger partial charge in [-0.25, -0.2) is 4.39 Å². The zero-order valence-corrected chi connectivity index (χ0v) is 16.0. The number of hydrogen-bond donors (Lipinski definition) is 2. The third kappa shape index (κ3) is 5.26. The van der Waals surface area contributed by atoms with E-state index in [0.717, 1.165) is 37.2 Å². The SMILES string of the molecule is Cl.Cl.Nc1ccccc1CCC(=O)Nc1c(F)cccc1N1CCCC1. The number of para-hydroxylation sites is 2. The lowest BCUT2D eigenvalue weighted by molar-refractivity contribution is -0.116. The van der Waals surface area contributed by atoms with E-state index in [1.807, 2.05) is 30.3 Å². The average molecular weight is 400 g/mol. The van der Waals surface area contributed by atoms with Gasteiger partial charge in [-0.1, -0.05) is 24.3 Å². The van der Waals surface area contributed by atoms with Gasteiger partial charge in [0.15, 0.2) is 0 Å². The van der Waals surface area contributed by atoms with Crippen molar-refractivity contribution in [3.63, 3.8) is 0 Å². The fourth-order valence-corrected chi connectivity index (χ4v) is 3.07. The van der Waals surface area contributed by atoms with Gasteiger partial charge in [0.1, 0.15) is 11.5 Å². The molecule has 0 unspecified atom stereocenters. The molecule has 0 atom stereocenters. The highest BCUT2D eigenvalue weighted by molar-refractivity contribution is 5.94. The van der Waals surface area contributed by atoms with Crippen molar-refractivity contribution in [1.29, 1.82) is 0 Å². The van der Waals surface area contributed by atoms with Crippen LogP contribution < -0.4 is 16.0 Å². The molecule has 1 amide bonds. The Morgan fingerprint density at radius 2 is 1.77 bits per heavy atom. The Bertz CT molecular complexity index is 736. The largest absolute Gasteiger partial charge is 0.399 e. The lowest BCUT2D eigenvalue weighted by Crippen LogP contribution is -2.22. The van der Waals surface area contributed by atoms with Gasteiger partial charge in [0.2, 0.25) is 5.91 Å². The van der Waals surface area contributed by atoms with Crippen LogP contribution in [0.4, 0.5) is 21.5 Å². The van der Waals surface area contributed by atoms with Gasteiger partial charge in [-0.3, -0.25) is 4.79 Å². The number of nitrogens with two attached hydrogens (primary N) is 1. The number of aryl methyl sites for hydroxylation is 1. The number of nitrogen functional groups attached to an aromatic ring is 1. The van der Waals surface area contributed by atoms with Gasteiger partial charge in [-0.05, 0) is 43.0 Å². The monoisotopic (exact) mass is 399 g/mol. The van der Waals surface area contributed by atoms with Crippen LogP contribution in [0, 0.1) is 5.82 Å². The van der Waals surface area contributed by atoms with Crippen molar-refractivity contribution < 1.29 is 9.18 Å². The maximum Gasteiger partial charge on any atom is 0.224 e. The van der Waals surface area contributed by atoms with Crippen molar-refractivity contribution in [2.45, 2.75) is 25.7 Å². The zero-order valence-electron chi connectivity index (χ0n) is 14.4. The first-order valence-electron chi connectivity index (χ1n) is 8.32. The van der Waals surface area contributed by atoms with Gasteiger partial charge < -0.3 is 16.0 Å². The molecule has 0 saturated carbocycles. The molecule has 1 aliphatic heterocycles. The number of halogens is 3. The van der Waals surface area contributed by atoms with Crippen LogP contribution in [-0.2, 0) is 11.2 Å². The number of rotatable bonds is 5. The van der Waals surface area contributed by atoms with Crippen molar-refractivity contribution >= 4 is 47.8 Å². The molecule has 2 aromatic carbocycles. The molecule has 0 aliphatic carbocycles. The molecule has 1 saturated heterocycles. The van der Waals surface area contributed by atoms with Crippen LogP contribution in [0.25, 0.3) is 0 Å². The Morgan fingerprint density at radius 1 is 1.08 bits per heavy atom. The Balaban J connectivity index is 0.00000169. The molecule has 0 bridgehead atoms. The highest BCUT2D eigenvalue weighted by Crippen LogP contribution is 2.31. The van der Waals surface area contributed by atoms with E-state index in [9.17, 15) is 9.18 Å². The minimum absolute atomic E-state index is 0. The molecule has 1 aliphatic rings. The molecule has 3 N–H and O–H groups in total. The summed E-state index contributed by atoms with van der Waals surface area (Å²) in [5.41, 5.74) is 8.55. The first-order chi connectivity index (χ1) is 11.6. The molecule has 0 spiro atoms. The summed E-state index contributed by atoms with van der Waals surface area (Å²) in [4.78, 5) is 14.4. The summed E-state index contributed by atoms with van der Waals surface area (Å²) in [7, 11) is 0. The molecule has 142 valence electrons. The molecule has 1 fully saturated rings. The molecule has 1 heterocycles. The summed E-state index contributed by atoms with van der Waals surface area (Å²) < 4.78 is 14.2. The van der Waals surface area contributed by atoms with E-state index in [1.165, 1.54) is 6.07 Å². The topological polar surface area (TPSA) is 58.4 Å². The van der Waals surface area contributed by atoms with Crippen LogP contribution in [-0.4, -0.2) is 19.0 Å². The van der Waals surface area contributed by atoms with E-state index < -0.39 is 5.82 Å². The van der Waals surface area contributed by atoms with Crippen molar-refractivity contribution in [3.8, 4) is 0 Å². The first kappa shape index (κ1) is 22.1. The molecule has 0 radical (unpaired) electrons. The van der Waals surface area contributed by atoms with Crippen molar-refractivity contribution in [2.75, 3.05) is 29.0 Å². The third-order valence-corrected chi connectivity index (χ3v) is 4.38. The van der Waals surface area contributed by atoms with Gasteiger partial charge in [-0.2, -0.15) is 0 Å². The lowest BCUT2D eigenvalue weighted by atomic mass is 10.1. The molecule has 0 aromatic heterocycles. The molecule has 4 nitrogen and oxygen atoms in total. The van der Waals surface area contributed by atoms with Crippen LogP contribution >= 0.6 is 24.8 Å². The smallest absolute Gasteiger partial charge is 0.224 e. The van der Waals surface area contributed by atoms with Crippen molar-refractivity contribution in [1.82, 2.24) is 0 Å². The second-order valence-corrected chi connectivity index (χ2v) is 6.08. The number of benzene rings is 2. The number of nitrogens with zero attached hydrogens (tertiary/aromatic N) is 1. The van der Waals surface area contributed by atoms with Gasteiger partial charge >= 0.3 is 0 Å². The predicted molar refractivity (Wildman–Crippen MR) is 110 cm³/mol. The Morgan fingerprint density at radius 3 is 2.46 bits per heavy atom. The second kappa shape index (κ2) is 10.2. The zero-order chi connectivity index (χ0) is 16.9. The van der Waals surface area contributed by atoms with Gasteiger partial charge in [-0.15, -0.1) is 24.8 Å². The number of hydrogen-bond acceptors (Lipinski definition) is 3. The summed E-state index contributed by atoms with van der Waals surface area (Å²) in [5, 5.41) is 2.75. The van der Waals surface area contributed by atoms with Gasteiger partial charge in [0.05, 0.1) is 5.69 Å². The molecule has 3 rings (SSSR count). The number of nitrogens with one attached hydrogen (secondary N) is 1. The molecular weight excluding hydrogens is 376 g/mol. The summed E-state index contributed by atoms with van der Waals surface area (Å²) in [6, 6.07) is 12.4. The van der Waals surface area contributed by atoms with E-state index >= 15 is 0 Å². The molecule has 26 heavy (non-hydrogen) atoms. The highest BCUT2D eigenvalue weighted by atomic mass is 35.5. The van der Waals surface area contributed by atoms with E-state index in [-0.39, 0.29) is 42.8 Å². The summed E-state index contributed by atoms with van der Waals surface area (Å²) in [5.74, 6) is -0.601. The Hall–Kier alpha value is -1.98. The normalized spacial score (nSPS) is 12.9. The predicted octanol–water partition coefficient (Wildman–Crippen LogP) is 4.42. The maximum absolute atomic E-state index is 14.2. The van der Waals surface area contributed by atoms with E-state index in [4.69, 9.17) is 5.73 Å². The maximum atomic E-state index is 14.2. The van der Waals surface area contributed by atoms with Crippen LogP contribution in [0.5, 0.6) is 0 Å². The highest BCUT2D eigenvalue weighted by Gasteiger charge is 2.19. The average Bonchev–Trinajstić information content (AvgIpc) is 3.10. The standard InChI is InChI=1S/C19H22FN3O.2ClH/c20-15-7-5-9-17(23-12-3-4-13-23)19(15)22-18(24)11-10-14-6-1-2-8-16(14)21;;/h1-2,5-9H,3-4,10-13,21H2,(H,22,24);2*1H. The number of amides is 1. The van der Waals surface area contributed by atoms with Crippen LogP contribution in [0.2, 0.25) is 0 Å². The van der Waals surface area contributed by atoms with E-state index in [0.29, 0.717) is 12.1 Å². The first-order valence-corrected chi connectivity index (χ1v) is 8.32. The molecule has 2 aromatic rings. The summed E-state index contributed by atoms with van der Waals surface area (Å²) in [6.07, 6.45) is 2.99. The van der Waals surface area contributed by atoms with Crippen LogP contribution in [0.3, 0.4) is 0 Å². The van der Waals surface area contributed by atoms with E-state index in [2.05, 4.69) is 10.2 Å². The van der Waals surface area contributed by atoms with Crippen molar-refractivity contribution in [3.05, 3.63) is 53.8 Å². The van der Waals surface area contributed by atoms with Gasteiger partial charge in [0, 0.05) is 25.2 Å². The lowest BCUT2D eigenvalue weighted by Gasteiger charge is -2.22. The minimum atomic E-state index is -0.396. The minimum Gasteiger partial charge on any atom is -0.399 e. The molecular formula is C19H24Cl2FN3O. The Labute approximate surface area is 165 Å². The Kier molecular flexibility index (Phi) is 8.69. The summed E-state index contributed by atoms with van der Waals surface area (Å²) in [6.45, 7) is 1.79. The quantitative estimate of drug-likeness (QED) is 0.731. The van der Waals surface area contributed by atoms with Gasteiger partial charge in [0.25, 0.3) is 0 Å². The number of carbonyl (C=O) groups excluding carboxylic acids is 1. The number of carbonyl (C=O) groups is 1. The molecule has 7 heteroatoms. The third-order valence-electron chi connectivity index (χ3n) is 4.38. The van der Waals surface area contributed by atoms with E-state index in [1.54, 1.807) is 6.07 Å². The second-order valence-electron chi connectivity index (χ2n) is 6.08. The fraction of sp³-hybridized carbons (Fsp3) is 0.316. The van der Waals surface area contributed by atoms with Crippen molar-refractivity contribution in [2.24, 2.45) is 0 Å².